The lowest BCUT2D eigenvalue weighted by molar-refractivity contribution is -0.155. The van der Waals surface area contributed by atoms with E-state index < -0.39 is 29.8 Å². The number of nitrogens with one attached hydrogen (secondary N) is 2. The Morgan fingerprint density at radius 1 is 1.06 bits per heavy atom. The van der Waals surface area contributed by atoms with Crippen molar-refractivity contribution in [1.82, 2.24) is 10.6 Å². The standard InChI is InChI=1S/C24H38N2O5/c1-7-8-14-20(30-22(28)18(3)26-23(29)31-24(4,5)6)17(2)15-21(27)25-16-19-12-10-9-11-13-19/h9-13,17-18,20H,7-8,14-16H2,1-6H3,(H,25,27)(H,26,29)/t17-,18-,20+/m0/s1. The molecule has 3 atom stereocenters. The number of carbonyl (C=O) groups excluding carboxylic acids is 3. The molecular weight excluding hydrogens is 396 g/mol. The molecule has 0 heterocycles. The van der Waals surface area contributed by atoms with Crippen molar-refractivity contribution in [3.63, 3.8) is 0 Å². The Bertz CT molecular complexity index is 700. The lowest BCUT2D eigenvalue weighted by atomic mass is 9.95. The van der Waals surface area contributed by atoms with Crippen molar-refractivity contribution in [3.8, 4) is 0 Å². The molecule has 31 heavy (non-hydrogen) atoms. The van der Waals surface area contributed by atoms with Gasteiger partial charge in [0.2, 0.25) is 5.91 Å². The number of carbonyl (C=O) groups is 3. The fraction of sp³-hybridized carbons (Fsp3) is 0.625. The van der Waals surface area contributed by atoms with E-state index in [4.69, 9.17) is 9.47 Å². The number of hydrogen-bond acceptors (Lipinski definition) is 5. The van der Waals surface area contributed by atoms with Gasteiger partial charge in [0.15, 0.2) is 0 Å². The van der Waals surface area contributed by atoms with E-state index >= 15 is 0 Å². The van der Waals surface area contributed by atoms with Crippen molar-refractivity contribution in [1.29, 1.82) is 0 Å². The smallest absolute Gasteiger partial charge is 0.408 e. The highest BCUT2D eigenvalue weighted by Crippen LogP contribution is 2.19. The molecule has 0 aliphatic carbocycles. The molecular formula is C24H38N2O5. The van der Waals surface area contributed by atoms with Crippen LogP contribution in [0.1, 0.15) is 72.8 Å². The van der Waals surface area contributed by atoms with E-state index in [1.807, 2.05) is 37.3 Å². The minimum Gasteiger partial charge on any atom is -0.461 e. The Morgan fingerprint density at radius 3 is 2.29 bits per heavy atom. The molecule has 0 radical (unpaired) electrons. The van der Waals surface area contributed by atoms with Crippen LogP contribution in [0.3, 0.4) is 0 Å². The number of unbranched alkanes of at least 4 members (excludes halogenated alkanes) is 1. The maximum absolute atomic E-state index is 12.5. The summed E-state index contributed by atoms with van der Waals surface area (Å²) in [7, 11) is 0. The summed E-state index contributed by atoms with van der Waals surface area (Å²) < 4.78 is 10.9. The second kappa shape index (κ2) is 13.0. The van der Waals surface area contributed by atoms with Gasteiger partial charge in [0.25, 0.3) is 0 Å². The van der Waals surface area contributed by atoms with E-state index in [0.717, 1.165) is 18.4 Å². The van der Waals surface area contributed by atoms with Crippen LogP contribution >= 0.6 is 0 Å². The molecule has 0 spiro atoms. The predicted molar refractivity (Wildman–Crippen MR) is 120 cm³/mol. The zero-order chi connectivity index (χ0) is 23.4. The van der Waals surface area contributed by atoms with Gasteiger partial charge in [-0.2, -0.15) is 0 Å². The number of amides is 2. The van der Waals surface area contributed by atoms with Crippen molar-refractivity contribution < 1.29 is 23.9 Å². The molecule has 1 aromatic rings. The summed E-state index contributed by atoms with van der Waals surface area (Å²) in [5, 5.41) is 5.41. The molecule has 2 amide bonds. The van der Waals surface area contributed by atoms with E-state index in [-0.39, 0.29) is 18.2 Å². The van der Waals surface area contributed by atoms with E-state index in [9.17, 15) is 14.4 Å². The predicted octanol–water partition coefficient (Wildman–Crippen LogP) is 4.34. The first-order valence-electron chi connectivity index (χ1n) is 11.0. The van der Waals surface area contributed by atoms with Crippen LogP contribution in [0.2, 0.25) is 0 Å². The molecule has 0 unspecified atom stereocenters. The molecule has 0 fully saturated rings. The maximum atomic E-state index is 12.5. The third kappa shape index (κ3) is 11.4. The van der Waals surface area contributed by atoms with Gasteiger partial charge >= 0.3 is 12.1 Å². The Morgan fingerprint density at radius 2 is 1.71 bits per heavy atom. The van der Waals surface area contributed by atoms with Crippen LogP contribution in [0.25, 0.3) is 0 Å². The molecule has 1 rings (SSSR count). The monoisotopic (exact) mass is 434 g/mol. The summed E-state index contributed by atoms with van der Waals surface area (Å²) in [5.41, 5.74) is 0.374. The second-order valence-corrected chi connectivity index (χ2v) is 8.93. The van der Waals surface area contributed by atoms with E-state index in [1.54, 1.807) is 27.7 Å². The number of ether oxygens (including phenoxy) is 2. The average Bonchev–Trinajstić information content (AvgIpc) is 2.68. The minimum atomic E-state index is -0.849. The number of esters is 1. The molecule has 0 aliphatic rings. The van der Waals surface area contributed by atoms with Gasteiger partial charge in [-0.05, 0) is 39.7 Å². The topological polar surface area (TPSA) is 93.7 Å². The molecule has 0 bridgehead atoms. The fourth-order valence-corrected chi connectivity index (χ4v) is 2.95. The fourth-order valence-electron chi connectivity index (χ4n) is 2.95. The first-order chi connectivity index (χ1) is 14.5. The summed E-state index contributed by atoms with van der Waals surface area (Å²) in [6, 6.07) is 8.84. The van der Waals surface area contributed by atoms with Crippen LogP contribution < -0.4 is 10.6 Å². The van der Waals surface area contributed by atoms with Crippen LogP contribution in [0.4, 0.5) is 4.79 Å². The van der Waals surface area contributed by atoms with Gasteiger partial charge in [-0.3, -0.25) is 4.79 Å². The van der Waals surface area contributed by atoms with Gasteiger partial charge in [0, 0.05) is 18.9 Å². The van der Waals surface area contributed by atoms with Crippen molar-refractivity contribution in [3.05, 3.63) is 35.9 Å². The third-order valence-electron chi connectivity index (χ3n) is 4.67. The Hall–Kier alpha value is -2.57. The zero-order valence-corrected chi connectivity index (χ0v) is 19.7. The first kappa shape index (κ1) is 26.5. The van der Waals surface area contributed by atoms with Gasteiger partial charge in [-0.15, -0.1) is 0 Å². The summed E-state index contributed by atoms with van der Waals surface area (Å²) in [4.78, 5) is 36.8. The number of alkyl carbamates (subject to hydrolysis) is 1. The minimum absolute atomic E-state index is 0.0890. The van der Waals surface area contributed by atoms with Crippen LogP contribution in [0, 0.1) is 5.92 Å². The lowest BCUT2D eigenvalue weighted by Crippen LogP contribution is -2.44. The van der Waals surface area contributed by atoms with Crippen LogP contribution in [-0.2, 0) is 25.6 Å². The number of benzene rings is 1. The summed E-state index contributed by atoms with van der Waals surface area (Å²) in [5.74, 6) is -0.780. The molecule has 174 valence electrons. The van der Waals surface area contributed by atoms with E-state index in [2.05, 4.69) is 17.6 Å². The quantitative estimate of drug-likeness (QED) is 0.505. The normalized spacial score (nSPS) is 14.1. The maximum Gasteiger partial charge on any atom is 0.408 e. The Labute approximate surface area is 186 Å². The molecule has 0 saturated heterocycles. The largest absolute Gasteiger partial charge is 0.461 e. The highest BCUT2D eigenvalue weighted by molar-refractivity contribution is 5.81. The zero-order valence-electron chi connectivity index (χ0n) is 19.7. The Balaban J connectivity index is 2.59. The molecule has 0 aromatic heterocycles. The van der Waals surface area contributed by atoms with Crippen molar-refractivity contribution in [2.45, 2.75) is 91.5 Å². The SMILES string of the molecule is CCCC[C@@H](OC(=O)[C@H](C)NC(=O)OC(C)(C)C)[C@@H](C)CC(=O)NCc1ccccc1. The van der Waals surface area contributed by atoms with Crippen LogP contribution in [0.5, 0.6) is 0 Å². The van der Waals surface area contributed by atoms with Gasteiger partial charge < -0.3 is 20.1 Å². The van der Waals surface area contributed by atoms with Crippen molar-refractivity contribution >= 4 is 18.0 Å². The molecule has 7 nitrogen and oxygen atoms in total. The molecule has 7 heteroatoms. The molecule has 1 aromatic carbocycles. The summed E-state index contributed by atoms with van der Waals surface area (Å²) >= 11 is 0. The average molecular weight is 435 g/mol. The van der Waals surface area contributed by atoms with Gasteiger partial charge in [0.1, 0.15) is 17.7 Å². The molecule has 2 N–H and O–H groups in total. The lowest BCUT2D eigenvalue weighted by Gasteiger charge is -2.26. The van der Waals surface area contributed by atoms with E-state index in [1.165, 1.54) is 0 Å². The summed E-state index contributed by atoms with van der Waals surface area (Å²) in [6.07, 6.45) is 1.67. The van der Waals surface area contributed by atoms with Crippen LogP contribution in [0.15, 0.2) is 30.3 Å². The first-order valence-corrected chi connectivity index (χ1v) is 11.0. The van der Waals surface area contributed by atoms with Gasteiger partial charge in [-0.25, -0.2) is 9.59 Å². The molecule has 0 saturated carbocycles. The second-order valence-electron chi connectivity index (χ2n) is 8.93. The van der Waals surface area contributed by atoms with Gasteiger partial charge in [-0.1, -0.05) is 57.0 Å². The summed E-state index contributed by atoms with van der Waals surface area (Å²) in [6.45, 7) is 11.2. The number of hydrogen-bond donors (Lipinski definition) is 2. The van der Waals surface area contributed by atoms with E-state index in [0.29, 0.717) is 13.0 Å². The van der Waals surface area contributed by atoms with Gasteiger partial charge in [0.05, 0.1) is 0 Å². The van der Waals surface area contributed by atoms with Crippen LogP contribution in [-0.4, -0.2) is 35.7 Å². The molecule has 0 aliphatic heterocycles. The Kier molecular flexibility index (Phi) is 11.1. The number of rotatable bonds is 11. The highest BCUT2D eigenvalue weighted by Gasteiger charge is 2.27. The van der Waals surface area contributed by atoms with Crippen molar-refractivity contribution in [2.24, 2.45) is 5.92 Å². The highest BCUT2D eigenvalue weighted by atomic mass is 16.6. The van der Waals surface area contributed by atoms with Crippen molar-refractivity contribution in [2.75, 3.05) is 0 Å². The third-order valence-corrected chi connectivity index (χ3v) is 4.67.